The summed E-state index contributed by atoms with van der Waals surface area (Å²) in [6.07, 6.45) is 1.40. The van der Waals surface area contributed by atoms with Gasteiger partial charge in [0.1, 0.15) is 0 Å². The van der Waals surface area contributed by atoms with E-state index in [4.69, 9.17) is 0 Å². The molecule has 0 spiro atoms. The highest BCUT2D eigenvalue weighted by Gasteiger charge is 2.18. The van der Waals surface area contributed by atoms with Crippen molar-refractivity contribution in [3.8, 4) is 0 Å². The quantitative estimate of drug-likeness (QED) is 0.495. The van der Waals surface area contributed by atoms with Gasteiger partial charge in [-0.15, -0.1) is 5.43 Å². The molecule has 6 heteroatoms. The predicted molar refractivity (Wildman–Crippen MR) is 46.3 cm³/mol. The van der Waals surface area contributed by atoms with E-state index in [1.807, 2.05) is 0 Å². The van der Waals surface area contributed by atoms with Crippen LogP contribution in [0.5, 0.6) is 0 Å². The Kier molecular flexibility index (Phi) is 1.39. The summed E-state index contributed by atoms with van der Waals surface area (Å²) in [5.41, 5.74) is 3.56. The third-order valence-corrected chi connectivity index (χ3v) is 2.02. The lowest BCUT2D eigenvalue weighted by molar-refractivity contribution is 0.679. The molecule has 0 aromatic carbocycles. The molecule has 1 aliphatic heterocycles. The summed E-state index contributed by atoms with van der Waals surface area (Å²) >= 11 is 0. The molecule has 0 unspecified atom stereocenters. The first-order valence-electron chi connectivity index (χ1n) is 3.67. The lowest BCUT2D eigenvalue weighted by atomic mass is 10.3. The molecule has 1 radical (unpaired) electrons. The predicted octanol–water partition coefficient (Wildman–Crippen LogP) is -1.33. The maximum Gasteiger partial charge on any atom is 0.331 e. The smallest absolute Gasteiger partial charge is 0.293 e. The Morgan fingerprint density at radius 1 is 1.23 bits per heavy atom. The van der Waals surface area contributed by atoms with Gasteiger partial charge in [-0.1, -0.05) is 0 Å². The van der Waals surface area contributed by atoms with Gasteiger partial charge >= 0.3 is 5.69 Å². The SMILES string of the molecule is Cn1c2c(c(=O)n(C)c1=O)[N]N=C2. The Morgan fingerprint density at radius 3 is 2.62 bits per heavy atom. The highest BCUT2D eigenvalue weighted by Crippen LogP contribution is 2.09. The molecule has 0 saturated carbocycles. The van der Waals surface area contributed by atoms with Crippen molar-refractivity contribution in [2.75, 3.05) is 0 Å². The van der Waals surface area contributed by atoms with Gasteiger partial charge in [-0.05, 0) is 0 Å². The fraction of sp³-hybridized carbons (Fsp3) is 0.286. The second kappa shape index (κ2) is 2.32. The average molecular weight is 179 g/mol. The molecule has 1 aromatic heterocycles. The van der Waals surface area contributed by atoms with Gasteiger partial charge in [0.2, 0.25) is 0 Å². The van der Waals surface area contributed by atoms with Crippen LogP contribution in [0.25, 0.3) is 0 Å². The number of nitrogens with zero attached hydrogens (tertiary/aromatic N) is 4. The van der Waals surface area contributed by atoms with Crippen molar-refractivity contribution in [1.82, 2.24) is 14.6 Å². The van der Waals surface area contributed by atoms with Gasteiger partial charge in [0.05, 0.1) is 11.9 Å². The highest BCUT2D eigenvalue weighted by atomic mass is 16.2. The molecule has 2 rings (SSSR count). The van der Waals surface area contributed by atoms with Crippen LogP contribution in [0.1, 0.15) is 5.69 Å². The summed E-state index contributed by atoms with van der Waals surface area (Å²) in [5, 5.41) is 3.58. The molecule has 0 fully saturated rings. The molecule has 67 valence electrons. The molecule has 1 aliphatic rings. The minimum absolute atomic E-state index is 0.226. The fourth-order valence-electron chi connectivity index (χ4n) is 1.23. The topological polar surface area (TPSA) is 70.5 Å². The van der Waals surface area contributed by atoms with Gasteiger partial charge < -0.3 is 0 Å². The van der Waals surface area contributed by atoms with Crippen molar-refractivity contribution in [3.63, 3.8) is 0 Å². The van der Waals surface area contributed by atoms with Crippen LogP contribution in [0.15, 0.2) is 14.7 Å². The van der Waals surface area contributed by atoms with Crippen molar-refractivity contribution in [2.45, 2.75) is 0 Å². The van der Waals surface area contributed by atoms with Crippen LogP contribution in [0.2, 0.25) is 0 Å². The molecular formula is C7H7N4O2. The zero-order valence-electron chi connectivity index (χ0n) is 7.18. The minimum atomic E-state index is -0.407. The van der Waals surface area contributed by atoms with E-state index in [0.717, 1.165) is 4.57 Å². The van der Waals surface area contributed by atoms with E-state index in [-0.39, 0.29) is 11.4 Å². The number of rotatable bonds is 0. The van der Waals surface area contributed by atoms with Crippen LogP contribution < -0.4 is 16.7 Å². The summed E-state index contributed by atoms with van der Waals surface area (Å²) in [6.45, 7) is 0. The van der Waals surface area contributed by atoms with E-state index in [9.17, 15) is 9.59 Å². The van der Waals surface area contributed by atoms with Crippen LogP contribution in [-0.4, -0.2) is 15.3 Å². The molecule has 0 N–H and O–H groups in total. The fourth-order valence-corrected chi connectivity index (χ4v) is 1.23. The molecule has 1 aromatic rings. The van der Waals surface area contributed by atoms with Crippen LogP contribution in [0, 0.1) is 0 Å². The zero-order chi connectivity index (χ0) is 9.59. The second-order valence-corrected chi connectivity index (χ2v) is 2.78. The van der Waals surface area contributed by atoms with Gasteiger partial charge in [-0.25, -0.2) is 4.79 Å². The Balaban J connectivity index is 2.99. The Bertz CT molecular complexity index is 508. The van der Waals surface area contributed by atoms with Gasteiger partial charge in [0.25, 0.3) is 5.56 Å². The van der Waals surface area contributed by atoms with E-state index in [1.54, 1.807) is 7.05 Å². The molecule has 13 heavy (non-hydrogen) atoms. The standard InChI is InChI=1S/C7H7N4O2/c1-10-4-3-8-9-5(4)6(12)11(2)7(10)13/h3H,1-2H3. The molecule has 0 amide bonds. The molecule has 6 nitrogen and oxygen atoms in total. The van der Waals surface area contributed by atoms with Crippen molar-refractivity contribution < 1.29 is 0 Å². The lowest BCUT2D eigenvalue weighted by Gasteiger charge is -2.04. The Morgan fingerprint density at radius 2 is 1.92 bits per heavy atom. The molecule has 0 bridgehead atoms. The summed E-state index contributed by atoms with van der Waals surface area (Å²) in [6, 6.07) is 0. The van der Waals surface area contributed by atoms with Crippen molar-refractivity contribution >= 4 is 11.9 Å². The second-order valence-electron chi connectivity index (χ2n) is 2.78. The van der Waals surface area contributed by atoms with Crippen molar-refractivity contribution in [1.29, 1.82) is 0 Å². The summed E-state index contributed by atoms with van der Waals surface area (Å²) in [4.78, 5) is 22.8. The van der Waals surface area contributed by atoms with Gasteiger partial charge in [0, 0.05) is 14.1 Å². The highest BCUT2D eigenvalue weighted by molar-refractivity contribution is 5.86. The van der Waals surface area contributed by atoms with E-state index in [2.05, 4.69) is 10.5 Å². The first-order chi connectivity index (χ1) is 6.13. The Hall–Kier alpha value is -1.85. The number of aromatic nitrogens is 2. The summed E-state index contributed by atoms with van der Waals surface area (Å²) in [7, 11) is 2.99. The first kappa shape index (κ1) is 7.78. The normalized spacial score (nSPS) is 12.8. The first-order valence-corrected chi connectivity index (χ1v) is 3.67. The van der Waals surface area contributed by atoms with E-state index < -0.39 is 5.56 Å². The average Bonchev–Trinajstić information content (AvgIpc) is 2.59. The molecule has 0 saturated heterocycles. The van der Waals surface area contributed by atoms with Gasteiger partial charge in [-0.2, -0.15) is 5.10 Å². The van der Waals surface area contributed by atoms with E-state index >= 15 is 0 Å². The third-order valence-electron chi connectivity index (χ3n) is 2.02. The largest absolute Gasteiger partial charge is 0.331 e. The number of hydrogen-bond acceptors (Lipinski definition) is 3. The third kappa shape index (κ3) is 0.851. The van der Waals surface area contributed by atoms with E-state index in [0.29, 0.717) is 5.69 Å². The van der Waals surface area contributed by atoms with Crippen LogP contribution in [0.3, 0.4) is 0 Å². The van der Waals surface area contributed by atoms with Gasteiger partial charge in [-0.3, -0.25) is 13.9 Å². The van der Waals surface area contributed by atoms with Crippen LogP contribution in [0.4, 0.5) is 5.69 Å². The lowest BCUT2D eigenvalue weighted by Crippen LogP contribution is -2.38. The van der Waals surface area contributed by atoms with Gasteiger partial charge in [0.15, 0.2) is 5.69 Å². The van der Waals surface area contributed by atoms with Crippen molar-refractivity contribution in [3.05, 3.63) is 26.5 Å². The molecule has 0 atom stereocenters. The minimum Gasteiger partial charge on any atom is -0.293 e. The van der Waals surface area contributed by atoms with E-state index in [1.165, 1.54) is 17.8 Å². The maximum atomic E-state index is 11.4. The Labute approximate surface area is 73.1 Å². The number of fused-ring (bicyclic) bond motifs is 1. The summed E-state index contributed by atoms with van der Waals surface area (Å²) in [5.74, 6) is 0. The van der Waals surface area contributed by atoms with Crippen molar-refractivity contribution in [2.24, 2.45) is 19.2 Å². The van der Waals surface area contributed by atoms with Crippen LogP contribution >= 0.6 is 0 Å². The summed E-state index contributed by atoms with van der Waals surface area (Å²) < 4.78 is 2.35. The van der Waals surface area contributed by atoms with Crippen LogP contribution in [-0.2, 0) is 14.1 Å². The molecule has 2 heterocycles. The zero-order valence-corrected chi connectivity index (χ0v) is 7.18. The monoisotopic (exact) mass is 179 g/mol. The molecular weight excluding hydrogens is 172 g/mol. The number of hydrogen-bond donors (Lipinski definition) is 0. The maximum absolute atomic E-state index is 11.4. The molecule has 0 aliphatic carbocycles.